The minimum absolute atomic E-state index is 0.326. The average Bonchev–Trinajstić information content (AvgIpc) is 2.85. The maximum Gasteiger partial charge on any atom is 0.146 e. The fourth-order valence-electron chi connectivity index (χ4n) is 1.58. The standard InChI is InChI=1S/C14H15Cl2NO2/c1-2-17-8-11-4-5-12(19-11)9-18-14-7-10(15)3-6-13(14)16/h3-7,17H,2,8-9H2,1H3. The van der Waals surface area contributed by atoms with Crippen LogP contribution in [0.2, 0.25) is 10.0 Å². The van der Waals surface area contributed by atoms with Crippen molar-refractivity contribution in [2.24, 2.45) is 0 Å². The summed E-state index contributed by atoms with van der Waals surface area (Å²) in [5.41, 5.74) is 0. The molecule has 102 valence electrons. The third kappa shape index (κ3) is 4.16. The second-order valence-electron chi connectivity index (χ2n) is 4.01. The molecule has 5 heteroatoms. The first-order valence-corrected chi connectivity index (χ1v) is 6.80. The van der Waals surface area contributed by atoms with Crippen molar-refractivity contribution in [3.63, 3.8) is 0 Å². The van der Waals surface area contributed by atoms with Crippen LogP contribution >= 0.6 is 23.2 Å². The van der Waals surface area contributed by atoms with Gasteiger partial charge in [0.15, 0.2) is 0 Å². The van der Waals surface area contributed by atoms with Crippen molar-refractivity contribution in [3.8, 4) is 5.75 Å². The molecule has 0 saturated heterocycles. The smallest absolute Gasteiger partial charge is 0.146 e. The number of hydrogen-bond acceptors (Lipinski definition) is 3. The summed E-state index contributed by atoms with van der Waals surface area (Å²) in [6.07, 6.45) is 0. The van der Waals surface area contributed by atoms with Gasteiger partial charge < -0.3 is 14.5 Å². The van der Waals surface area contributed by atoms with E-state index in [4.69, 9.17) is 32.4 Å². The molecule has 0 unspecified atom stereocenters. The van der Waals surface area contributed by atoms with Gasteiger partial charge in [-0.1, -0.05) is 30.1 Å². The molecule has 19 heavy (non-hydrogen) atoms. The molecule has 2 aromatic rings. The van der Waals surface area contributed by atoms with Crippen molar-refractivity contribution in [1.29, 1.82) is 0 Å². The number of rotatable bonds is 6. The lowest BCUT2D eigenvalue weighted by Gasteiger charge is -2.06. The molecule has 0 bridgehead atoms. The number of halogens is 2. The fourth-order valence-corrected chi connectivity index (χ4v) is 1.91. The molecule has 0 atom stereocenters. The lowest BCUT2D eigenvalue weighted by atomic mass is 10.3. The number of furan rings is 1. The van der Waals surface area contributed by atoms with E-state index in [0.717, 1.165) is 18.1 Å². The van der Waals surface area contributed by atoms with E-state index in [1.807, 2.05) is 19.1 Å². The predicted molar refractivity (Wildman–Crippen MR) is 76.9 cm³/mol. The van der Waals surface area contributed by atoms with E-state index >= 15 is 0 Å². The first-order chi connectivity index (χ1) is 9.19. The molecule has 0 aliphatic rings. The third-order valence-corrected chi connectivity index (χ3v) is 3.08. The summed E-state index contributed by atoms with van der Waals surface area (Å²) in [7, 11) is 0. The number of benzene rings is 1. The van der Waals surface area contributed by atoms with E-state index in [1.165, 1.54) is 0 Å². The summed E-state index contributed by atoms with van der Waals surface area (Å²) in [6, 6.07) is 8.94. The van der Waals surface area contributed by atoms with E-state index in [1.54, 1.807) is 18.2 Å². The zero-order chi connectivity index (χ0) is 13.7. The van der Waals surface area contributed by atoms with Crippen molar-refractivity contribution < 1.29 is 9.15 Å². The molecule has 1 N–H and O–H groups in total. The van der Waals surface area contributed by atoms with Crippen LogP contribution in [-0.2, 0) is 13.2 Å². The van der Waals surface area contributed by atoms with Crippen LogP contribution in [0.5, 0.6) is 5.75 Å². The zero-order valence-corrected chi connectivity index (χ0v) is 12.1. The Balaban J connectivity index is 1.94. The predicted octanol–water partition coefficient (Wildman–Crippen LogP) is 4.27. The third-order valence-electron chi connectivity index (χ3n) is 2.53. The van der Waals surface area contributed by atoms with Gasteiger partial charge in [-0.2, -0.15) is 0 Å². The molecule has 0 radical (unpaired) electrons. The Hall–Kier alpha value is -1.16. The maximum absolute atomic E-state index is 6.01. The van der Waals surface area contributed by atoms with Crippen molar-refractivity contribution in [2.75, 3.05) is 6.54 Å². The topological polar surface area (TPSA) is 34.4 Å². The molecule has 3 nitrogen and oxygen atoms in total. The Bertz CT molecular complexity index is 540. The van der Waals surface area contributed by atoms with Crippen LogP contribution in [-0.4, -0.2) is 6.54 Å². The molecule has 0 spiro atoms. The summed E-state index contributed by atoms with van der Waals surface area (Å²) in [6.45, 7) is 4.00. The van der Waals surface area contributed by atoms with E-state index in [9.17, 15) is 0 Å². The second kappa shape index (κ2) is 6.85. The largest absolute Gasteiger partial charge is 0.484 e. The Morgan fingerprint density at radius 3 is 2.74 bits per heavy atom. The SMILES string of the molecule is CCNCc1ccc(COc2cc(Cl)ccc2Cl)o1. The Morgan fingerprint density at radius 2 is 1.95 bits per heavy atom. The van der Waals surface area contributed by atoms with Crippen LogP contribution in [0.4, 0.5) is 0 Å². The molecule has 1 aromatic carbocycles. The highest BCUT2D eigenvalue weighted by Crippen LogP contribution is 2.28. The summed E-state index contributed by atoms with van der Waals surface area (Å²) < 4.78 is 11.2. The molecule has 0 aliphatic carbocycles. The van der Waals surface area contributed by atoms with Gasteiger partial charge in [0.2, 0.25) is 0 Å². The van der Waals surface area contributed by atoms with Gasteiger partial charge >= 0.3 is 0 Å². The quantitative estimate of drug-likeness (QED) is 0.865. The molecule has 0 saturated carbocycles. The molecular weight excluding hydrogens is 285 g/mol. The Labute approximate surface area is 122 Å². The normalized spacial score (nSPS) is 10.7. The van der Waals surface area contributed by atoms with Crippen molar-refractivity contribution >= 4 is 23.2 Å². The molecule has 0 aliphatic heterocycles. The van der Waals surface area contributed by atoms with E-state index < -0.39 is 0 Å². The van der Waals surface area contributed by atoms with Crippen LogP contribution in [0.25, 0.3) is 0 Å². The summed E-state index contributed by atoms with van der Waals surface area (Å²) in [4.78, 5) is 0. The molecule has 0 fully saturated rings. The zero-order valence-electron chi connectivity index (χ0n) is 10.6. The monoisotopic (exact) mass is 299 g/mol. The molecule has 0 amide bonds. The first kappa shape index (κ1) is 14.3. The van der Waals surface area contributed by atoms with Crippen molar-refractivity contribution in [1.82, 2.24) is 5.32 Å². The average molecular weight is 300 g/mol. The van der Waals surface area contributed by atoms with E-state index in [0.29, 0.717) is 28.9 Å². The van der Waals surface area contributed by atoms with E-state index in [-0.39, 0.29) is 0 Å². The van der Waals surface area contributed by atoms with Gasteiger partial charge in [0.05, 0.1) is 11.6 Å². The highest BCUT2D eigenvalue weighted by Gasteiger charge is 2.06. The molecule has 1 aromatic heterocycles. The van der Waals surface area contributed by atoms with Gasteiger partial charge in [0.25, 0.3) is 0 Å². The summed E-state index contributed by atoms with van der Waals surface area (Å²) in [5, 5.41) is 4.32. The fraction of sp³-hybridized carbons (Fsp3) is 0.286. The van der Waals surface area contributed by atoms with Gasteiger partial charge in [0, 0.05) is 11.1 Å². The summed E-state index contributed by atoms with van der Waals surface area (Å²) >= 11 is 11.9. The van der Waals surface area contributed by atoms with Crippen molar-refractivity contribution in [3.05, 3.63) is 51.9 Å². The van der Waals surface area contributed by atoms with Crippen LogP contribution < -0.4 is 10.1 Å². The van der Waals surface area contributed by atoms with Crippen molar-refractivity contribution in [2.45, 2.75) is 20.1 Å². The van der Waals surface area contributed by atoms with Gasteiger partial charge in [-0.15, -0.1) is 0 Å². The number of hydrogen-bond donors (Lipinski definition) is 1. The first-order valence-electron chi connectivity index (χ1n) is 6.05. The highest BCUT2D eigenvalue weighted by molar-refractivity contribution is 6.34. The lowest BCUT2D eigenvalue weighted by Crippen LogP contribution is -2.10. The van der Waals surface area contributed by atoms with Gasteiger partial charge in [-0.05, 0) is 30.8 Å². The van der Waals surface area contributed by atoms with E-state index in [2.05, 4.69) is 5.32 Å². The van der Waals surface area contributed by atoms with Crippen LogP contribution in [0.1, 0.15) is 18.4 Å². The van der Waals surface area contributed by atoms with Gasteiger partial charge in [0.1, 0.15) is 23.9 Å². The number of nitrogens with one attached hydrogen (secondary N) is 1. The maximum atomic E-state index is 6.01. The van der Waals surface area contributed by atoms with Crippen LogP contribution in [0.15, 0.2) is 34.7 Å². The highest BCUT2D eigenvalue weighted by atomic mass is 35.5. The number of ether oxygens (including phenoxy) is 1. The molecule has 1 heterocycles. The van der Waals surface area contributed by atoms with Gasteiger partial charge in [-0.3, -0.25) is 0 Å². The molecule has 2 rings (SSSR count). The Morgan fingerprint density at radius 1 is 1.16 bits per heavy atom. The summed E-state index contributed by atoms with van der Waals surface area (Å²) in [5.74, 6) is 2.19. The minimum Gasteiger partial charge on any atom is -0.484 e. The second-order valence-corrected chi connectivity index (χ2v) is 4.86. The lowest BCUT2D eigenvalue weighted by molar-refractivity contribution is 0.265. The van der Waals surface area contributed by atoms with Crippen LogP contribution in [0, 0.1) is 0 Å². The Kier molecular flexibility index (Phi) is 5.14. The van der Waals surface area contributed by atoms with Gasteiger partial charge in [-0.25, -0.2) is 0 Å². The minimum atomic E-state index is 0.326. The van der Waals surface area contributed by atoms with Crippen LogP contribution in [0.3, 0.4) is 0 Å². The molecular formula is C14H15Cl2NO2.